The van der Waals surface area contributed by atoms with Crippen LogP contribution in [0.25, 0.3) is 0 Å². The van der Waals surface area contributed by atoms with E-state index in [-0.39, 0.29) is 5.41 Å². The van der Waals surface area contributed by atoms with Crippen LogP contribution in [-0.2, 0) is 5.41 Å². The summed E-state index contributed by atoms with van der Waals surface area (Å²) in [6.45, 7) is 2.26. The molecule has 1 unspecified atom stereocenters. The first-order valence-corrected chi connectivity index (χ1v) is 8.11. The molecule has 1 aromatic carbocycles. The number of hydrogen-bond acceptors (Lipinski definition) is 1. The highest BCUT2D eigenvalue weighted by Gasteiger charge is 2.38. The molecule has 0 aliphatic heterocycles. The Bertz CT molecular complexity index is 351. The van der Waals surface area contributed by atoms with Crippen LogP contribution in [0.1, 0.15) is 70.3 Å². The lowest BCUT2D eigenvalue weighted by molar-refractivity contribution is 0.231. The predicted octanol–water partition coefficient (Wildman–Crippen LogP) is 4.80. The first-order valence-electron chi connectivity index (χ1n) is 8.11. The summed E-state index contributed by atoms with van der Waals surface area (Å²) in [6.07, 6.45) is 11.7. The molecule has 2 N–H and O–H groups in total. The van der Waals surface area contributed by atoms with Crippen LogP contribution in [0, 0.1) is 0 Å². The van der Waals surface area contributed by atoms with E-state index in [4.69, 9.17) is 5.73 Å². The second-order valence-corrected chi connectivity index (χ2v) is 6.19. The third kappa shape index (κ3) is 3.39. The number of unbranched alkanes of at least 4 members (excludes halogenated alkanes) is 2. The normalized spacial score (nSPS) is 20.1. The van der Waals surface area contributed by atoms with Crippen LogP contribution in [0.2, 0.25) is 0 Å². The van der Waals surface area contributed by atoms with Crippen molar-refractivity contribution in [3.05, 3.63) is 35.9 Å². The molecule has 1 nitrogen and oxygen atoms in total. The van der Waals surface area contributed by atoms with E-state index >= 15 is 0 Å². The molecule has 1 fully saturated rings. The molecule has 1 atom stereocenters. The zero-order valence-corrected chi connectivity index (χ0v) is 12.4. The topological polar surface area (TPSA) is 26.0 Å². The van der Waals surface area contributed by atoms with Crippen LogP contribution in [0.15, 0.2) is 30.3 Å². The van der Waals surface area contributed by atoms with E-state index in [0.717, 1.165) is 0 Å². The predicted molar refractivity (Wildman–Crippen MR) is 83.3 cm³/mol. The molecule has 106 valence electrons. The lowest BCUT2D eigenvalue weighted by Crippen LogP contribution is -2.46. The zero-order valence-electron chi connectivity index (χ0n) is 12.4. The molecule has 0 radical (unpaired) electrons. The highest BCUT2D eigenvalue weighted by molar-refractivity contribution is 5.28. The van der Waals surface area contributed by atoms with Crippen LogP contribution in [-0.4, -0.2) is 6.04 Å². The van der Waals surface area contributed by atoms with Gasteiger partial charge in [-0.25, -0.2) is 0 Å². The van der Waals surface area contributed by atoms with Gasteiger partial charge in [-0.2, -0.15) is 0 Å². The van der Waals surface area contributed by atoms with Crippen LogP contribution in [0.3, 0.4) is 0 Å². The van der Waals surface area contributed by atoms with Crippen molar-refractivity contribution < 1.29 is 0 Å². The molecule has 0 bridgehead atoms. The van der Waals surface area contributed by atoms with E-state index in [0.29, 0.717) is 6.04 Å². The van der Waals surface area contributed by atoms with Crippen molar-refractivity contribution in [1.82, 2.24) is 0 Å². The van der Waals surface area contributed by atoms with Crippen molar-refractivity contribution in [1.29, 1.82) is 0 Å². The van der Waals surface area contributed by atoms with Gasteiger partial charge in [0.15, 0.2) is 0 Å². The summed E-state index contributed by atoms with van der Waals surface area (Å²) in [7, 11) is 0. The number of nitrogens with two attached hydrogens (primary N) is 1. The van der Waals surface area contributed by atoms with E-state index in [2.05, 4.69) is 37.3 Å². The summed E-state index contributed by atoms with van der Waals surface area (Å²) in [5.74, 6) is 0. The van der Waals surface area contributed by atoms with Gasteiger partial charge in [0.2, 0.25) is 0 Å². The van der Waals surface area contributed by atoms with Crippen LogP contribution >= 0.6 is 0 Å². The fraction of sp³-hybridized carbons (Fsp3) is 0.667. The van der Waals surface area contributed by atoms with Gasteiger partial charge in [-0.05, 0) is 24.8 Å². The lowest BCUT2D eigenvalue weighted by Gasteiger charge is -2.43. The van der Waals surface area contributed by atoms with Gasteiger partial charge in [-0.1, -0.05) is 75.8 Å². The molecular formula is C18H29N. The third-order valence-electron chi connectivity index (χ3n) is 4.92. The molecule has 0 aromatic heterocycles. The van der Waals surface area contributed by atoms with Gasteiger partial charge in [-0.3, -0.25) is 0 Å². The Morgan fingerprint density at radius 3 is 2.37 bits per heavy atom. The molecule has 1 saturated carbocycles. The van der Waals surface area contributed by atoms with Crippen LogP contribution in [0.5, 0.6) is 0 Å². The third-order valence-corrected chi connectivity index (χ3v) is 4.92. The molecule has 0 saturated heterocycles. The first kappa shape index (κ1) is 14.6. The molecular weight excluding hydrogens is 230 g/mol. The lowest BCUT2D eigenvalue weighted by atomic mass is 9.64. The van der Waals surface area contributed by atoms with Gasteiger partial charge >= 0.3 is 0 Å². The Balaban J connectivity index is 2.15. The molecule has 1 aromatic rings. The summed E-state index contributed by atoms with van der Waals surface area (Å²) in [5, 5.41) is 0. The maximum atomic E-state index is 6.66. The smallest absolute Gasteiger partial charge is 0.0136 e. The van der Waals surface area contributed by atoms with Gasteiger partial charge in [0.05, 0.1) is 0 Å². The molecule has 1 aliphatic carbocycles. The maximum absolute atomic E-state index is 6.66. The number of rotatable bonds is 6. The van der Waals surface area contributed by atoms with Crippen molar-refractivity contribution in [3.8, 4) is 0 Å². The maximum Gasteiger partial charge on any atom is 0.0136 e. The highest BCUT2D eigenvalue weighted by atomic mass is 14.7. The van der Waals surface area contributed by atoms with E-state index in [1.165, 1.54) is 63.4 Å². The molecule has 19 heavy (non-hydrogen) atoms. The molecule has 1 heteroatoms. The molecule has 0 heterocycles. The van der Waals surface area contributed by atoms with Crippen molar-refractivity contribution in [2.24, 2.45) is 5.73 Å². The Labute approximate surface area is 118 Å². The minimum absolute atomic E-state index is 0.257. The fourth-order valence-corrected chi connectivity index (χ4v) is 3.72. The van der Waals surface area contributed by atoms with E-state index in [1.54, 1.807) is 0 Å². The monoisotopic (exact) mass is 259 g/mol. The van der Waals surface area contributed by atoms with E-state index < -0.39 is 0 Å². The highest BCUT2D eigenvalue weighted by Crippen LogP contribution is 2.42. The van der Waals surface area contributed by atoms with Gasteiger partial charge in [0.1, 0.15) is 0 Å². The van der Waals surface area contributed by atoms with E-state index in [1.807, 2.05) is 0 Å². The minimum Gasteiger partial charge on any atom is -0.327 e. The second-order valence-electron chi connectivity index (χ2n) is 6.19. The number of benzene rings is 1. The molecule has 0 spiro atoms. The van der Waals surface area contributed by atoms with Gasteiger partial charge in [0.25, 0.3) is 0 Å². The quantitative estimate of drug-likeness (QED) is 0.730. The largest absolute Gasteiger partial charge is 0.327 e. The summed E-state index contributed by atoms with van der Waals surface area (Å²) < 4.78 is 0. The van der Waals surface area contributed by atoms with Gasteiger partial charge < -0.3 is 5.73 Å². The molecule has 2 rings (SSSR count). The Morgan fingerprint density at radius 2 is 1.74 bits per heavy atom. The Kier molecular flexibility index (Phi) is 5.45. The Morgan fingerprint density at radius 1 is 1.05 bits per heavy atom. The summed E-state index contributed by atoms with van der Waals surface area (Å²) >= 11 is 0. The van der Waals surface area contributed by atoms with Gasteiger partial charge in [0, 0.05) is 11.5 Å². The first-order chi connectivity index (χ1) is 9.29. The van der Waals surface area contributed by atoms with E-state index in [9.17, 15) is 0 Å². The minimum atomic E-state index is 0.257. The van der Waals surface area contributed by atoms with Crippen molar-refractivity contribution in [3.63, 3.8) is 0 Å². The van der Waals surface area contributed by atoms with Crippen LogP contribution in [0.4, 0.5) is 0 Å². The number of hydrogen-bond donors (Lipinski definition) is 1. The fourth-order valence-electron chi connectivity index (χ4n) is 3.72. The van der Waals surface area contributed by atoms with Crippen LogP contribution < -0.4 is 5.73 Å². The summed E-state index contributed by atoms with van der Waals surface area (Å²) in [6, 6.07) is 11.4. The van der Waals surface area contributed by atoms with Crippen molar-refractivity contribution in [2.45, 2.75) is 76.2 Å². The Hall–Kier alpha value is -0.820. The average Bonchev–Trinajstić information content (AvgIpc) is 2.49. The molecule has 0 amide bonds. The van der Waals surface area contributed by atoms with Gasteiger partial charge in [-0.15, -0.1) is 0 Å². The molecule has 1 aliphatic rings. The van der Waals surface area contributed by atoms with Crippen molar-refractivity contribution in [2.75, 3.05) is 0 Å². The standard InChI is InChI=1S/C18H29N/c1-2-3-6-13-17(19)18(14-9-5-10-15-18)16-11-7-4-8-12-16/h4,7-8,11-12,17H,2-3,5-6,9-10,13-15,19H2,1H3. The summed E-state index contributed by atoms with van der Waals surface area (Å²) in [4.78, 5) is 0. The SMILES string of the molecule is CCCCCC(N)C1(c2ccccc2)CCCCC1. The second kappa shape index (κ2) is 7.09. The zero-order chi connectivity index (χ0) is 13.6. The summed E-state index contributed by atoms with van der Waals surface area (Å²) in [5.41, 5.74) is 8.40. The van der Waals surface area contributed by atoms with Crippen molar-refractivity contribution >= 4 is 0 Å². The average molecular weight is 259 g/mol.